The first-order chi connectivity index (χ1) is 13.2. The van der Waals surface area contributed by atoms with Gasteiger partial charge in [0.25, 0.3) is 5.91 Å². The van der Waals surface area contributed by atoms with Gasteiger partial charge in [-0.05, 0) is 67.6 Å². The zero-order valence-electron chi connectivity index (χ0n) is 14.9. The summed E-state index contributed by atoms with van der Waals surface area (Å²) in [5, 5.41) is 5.94. The van der Waals surface area contributed by atoms with Gasteiger partial charge >= 0.3 is 0 Å². The molecule has 6 heteroatoms. The lowest BCUT2D eigenvalue weighted by Crippen LogP contribution is -2.25. The van der Waals surface area contributed by atoms with Gasteiger partial charge in [-0.2, -0.15) is 0 Å². The van der Waals surface area contributed by atoms with Gasteiger partial charge in [0.1, 0.15) is 11.3 Å². The zero-order chi connectivity index (χ0) is 18.8. The number of nitrogens with one attached hydrogen (secondary N) is 1. The Bertz CT molecular complexity index is 1070. The van der Waals surface area contributed by atoms with Crippen LogP contribution in [0.1, 0.15) is 34.3 Å². The summed E-state index contributed by atoms with van der Waals surface area (Å²) in [5.41, 5.74) is 6.54. The predicted octanol–water partition coefficient (Wildman–Crippen LogP) is 4.22. The summed E-state index contributed by atoms with van der Waals surface area (Å²) in [6.45, 7) is 0. The van der Waals surface area contributed by atoms with Crippen LogP contribution in [0.25, 0.3) is 11.0 Å². The molecule has 1 N–H and O–H groups in total. The molecule has 0 bridgehead atoms. The number of amides is 1. The third kappa shape index (κ3) is 3.55. The van der Waals surface area contributed by atoms with Crippen molar-refractivity contribution in [1.82, 2.24) is 5.43 Å². The van der Waals surface area contributed by atoms with Crippen LogP contribution in [-0.4, -0.2) is 13.0 Å². The zero-order valence-corrected chi connectivity index (χ0v) is 15.7. The summed E-state index contributed by atoms with van der Waals surface area (Å²) >= 11 is 5.87. The predicted molar refractivity (Wildman–Crippen MR) is 104 cm³/mol. The second kappa shape index (κ2) is 7.45. The monoisotopic (exact) mass is 382 g/mol. The van der Waals surface area contributed by atoms with Crippen LogP contribution in [0.15, 0.2) is 52.0 Å². The lowest BCUT2D eigenvalue weighted by Gasteiger charge is -2.17. The number of rotatable bonds is 3. The first-order valence-corrected chi connectivity index (χ1v) is 9.26. The minimum absolute atomic E-state index is 0.308. The standard InChI is InChI=1S/C21H19ClN2O3/c1-26-15-10-11-17-16-4-2-3-5-18(16)21(27-19(17)12-15)24-23-20(25)13-6-8-14(22)9-7-13/h6-12H,2-5H2,1H3,(H,23,25)/b24-21-. The third-order valence-corrected chi connectivity index (χ3v) is 5.06. The van der Waals surface area contributed by atoms with Gasteiger partial charge in [0.05, 0.1) is 7.11 Å². The molecule has 0 unspecified atom stereocenters. The van der Waals surface area contributed by atoms with Crippen molar-refractivity contribution < 1.29 is 13.9 Å². The van der Waals surface area contributed by atoms with Gasteiger partial charge in [0.15, 0.2) is 0 Å². The quantitative estimate of drug-likeness (QED) is 0.690. The maximum Gasteiger partial charge on any atom is 0.271 e. The highest BCUT2D eigenvalue weighted by Crippen LogP contribution is 2.29. The number of ether oxygens (including phenoxy) is 1. The largest absolute Gasteiger partial charge is 0.497 e. The number of halogens is 1. The fourth-order valence-electron chi connectivity index (χ4n) is 3.43. The van der Waals surface area contributed by atoms with E-state index in [0.717, 1.165) is 42.4 Å². The van der Waals surface area contributed by atoms with Crippen LogP contribution in [0, 0.1) is 0 Å². The lowest BCUT2D eigenvalue weighted by atomic mass is 9.90. The van der Waals surface area contributed by atoms with E-state index in [1.807, 2.05) is 18.2 Å². The van der Waals surface area contributed by atoms with Crippen molar-refractivity contribution in [3.05, 3.63) is 69.7 Å². The van der Waals surface area contributed by atoms with E-state index in [0.29, 0.717) is 21.7 Å². The van der Waals surface area contributed by atoms with Crippen LogP contribution in [0.2, 0.25) is 5.02 Å². The average molecular weight is 383 g/mol. The van der Waals surface area contributed by atoms with Gasteiger partial charge in [-0.25, -0.2) is 5.43 Å². The molecule has 4 rings (SSSR count). The fourth-order valence-corrected chi connectivity index (χ4v) is 3.55. The number of aryl methyl sites for hydroxylation is 1. The molecule has 0 aliphatic heterocycles. The third-order valence-electron chi connectivity index (χ3n) is 4.81. The van der Waals surface area contributed by atoms with Crippen molar-refractivity contribution in [2.24, 2.45) is 5.10 Å². The maximum atomic E-state index is 12.4. The Balaban J connectivity index is 1.76. The summed E-state index contributed by atoms with van der Waals surface area (Å²) < 4.78 is 11.3. The molecule has 27 heavy (non-hydrogen) atoms. The minimum Gasteiger partial charge on any atom is -0.497 e. The van der Waals surface area contributed by atoms with E-state index in [2.05, 4.69) is 10.5 Å². The van der Waals surface area contributed by atoms with Crippen LogP contribution < -0.4 is 15.7 Å². The Morgan fingerprint density at radius 3 is 2.59 bits per heavy atom. The van der Waals surface area contributed by atoms with Gasteiger partial charge in [-0.3, -0.25) is 4.79 Å². The molecule has 1 heterocycles. The summed E-state index contributed by atoms with van der Waals surface area (Å²) in [5.74, 6) is 0.412. The molecule has 5 nitrogen and oxygen atoms in total. The van der Waals surface area contributed by atoms with E-state index >= 15 is 0 Å². The van der Waals surface area contributed by atoms with Crippen molar-refractivity contribution in [2.75, 3.05) is 7.11 Å². The Labute approximate surface area is 161 Å². The van der Waals surface area contributed by atoms with Crippen molar-refractivity contribution in [3.63, 3.8) is 0 Å². The highest BCUT2D eigenvalue weighted by atomic mass is 35.5. The molecule has 1 amide bonds. The summed E-state index contributed by atoms with van der Waals surface area (Å²) in [6.07, 6.45) is 4.07. The molecule has 0 atom stereocenters. The molecule has 1 aromatic heterocycles. The number of nitrogens with zero attached hydrogens (tertiary/aromatic N) is 1. The summed E-state index contributed by atoms with van der Waals surface area (Å²) in [7, 11) is 1.62. The number of hydrogen-bond acceptors (Lipinski definition) is 4. The Morgan fingerprint density at radius 2 is 1.85 bits per heavy atom. The number of hydrogen-bond donors (Lipinski definition) is 1. The van der Waals surface area contributed by atoms with E-state index in [1.165, 1.54) is 5.56 Å². The van der Waals surface area contributed by atoms with Gasteiger partial charge in [-0.1, -0.05) is 11.6 Å². The SMILES string of the molecule is COc1ccc2c3c(/c(=N/NC(=O)c4ccc(Cl)cc4)oc2c1)CCCC3. The van der Waals surface area contributed by atoms with Crippen LogP contribution in [0.4, 0.5) is 0 Å². The lowest BCUT2D eigenvalue weighted by molar-refractivity contribution is 0.0951. The van der Waals surface area contributed by atoms with E-state index in [-0.39, 0.29) is 5.91 Å². The van der Waals surface area contributed by atoms with Crippen molar-refractivity contribution in [2.45, 2.75) is 25.7 Å². The Kier molecular flexibility index (Phi) is 4.86. The molecule has 0 spiro atoms. The Morgan fingerprint density at radius 1 is 1.11 bits per heavy atom. The highest BCUT2D eigenvalue weighted by molar-refractivity contribution is 6.30. The van der Waals surface area contributed by atoms with Gasteiger partial charge in [-0.15, -0.1) is 5.10 Å². The number of methoxy groups -OCH3 is 1. The molecule has 2 aromatic carbocycles. The van der Waals surface area contributed by atoms with Crippen LogP contribution in [-0.2, 0) is 12.8 Å². The van der Waals surface area contributed by atoms with Gasteiger partial charge < -0.3 is 9.15 Å². The van der Waals surface area contributed by atoms with Crippen LogP contribution >= 0.6 is 11.6 Å². The molecule has 0 radical (unpaired) electrons. The van der Waals surface area contributed by atoms with Crippen molar-refractivity contribution in [3.8, 4) is 5.75 Å². The molecule has 0 fully saturated rings. The van der Waals surface area contributed by atoms with Crippen molar-refractivity contribution in [1.29, 1.82) is 0 Å². The average Bonchev–Trinajstić information content (AvgIpc) is 2.71. The number of benzene rings is 2. The van der Waals surface area contributed by atoms with Gasteiger partial charge in [0, 0.05) is 27.6 Å². The van der Waals surface area contributed by atoms with E-state index in [9.17, 15) is 4.79 Å². The van der Waals surface area contributed by atoms with Gasteiger partial charge in [0.2, 0.25) is 5.55 Å². The topological polar surface area (TPSA) is 63.8 Å². The molecule has 3 aromatic rings. The Hall–Kier alpha value is -2.79. The normalized spacial score (nSPS) is 14.1. The van der Waals surface area contributed by atoms with Crippen LogP contribution in [0.3, 0.4) is 0 Å². The summed E-state index contributed by atoms with van der Waals surface area (Å²) in [4.78, 5) is 12.4. The van der Waals surface area contributed by atoms with E-state index < -0.39 is 0 Å². The maximum absolute atomic E-state index is 12.4. The number of fused-ring (bicyclic) bond motifs is 3. The first-order valence-electron chi connectivity index (χ1n) is 8.88. The van der Waals surface area contributed by atoms with Crippen molar-refractivity contribution >= 4 is 28.5 Å². The fraction of sp³-hybridized carbons (Fsp3) is 0.238. The smallest absolute Gasteiger partial charge is 0.271 e. The molecule has 0 saturated heterocycles. The molecular weight excluding hydrogens is 364 g/mol. The number of carbonyl (C=O) groups excluding carboxylic acids is 1. The van der Waals surface area contributed by atoms with E-state index in [1.54, 1.807) is 31.4 Å². The minimum atomic E-state index is -0.308. The van der Waals surface area contributed by atoms with Crippen LogP contribution in [0.5, 0.6) is 5.75 Å². The number of carbonyl (C=O) groups is 1. The first kappa shape index (κ1) is 17.6. The molecule has 0 saturated carbocycles. The molecule has 1 aliphatic carbocycles. The highest BCUT2D eigenvalue weighted by Gasteiger charge is 2.17. The molecular formula is C21H19ClN2O3. The van der Waals surface area contributed by atoms with E-state index in [4.69, 9.17) is 20.8 Å². The summed E-state index contributed by atoms with van der Waals surface area (Å²) in [6, 6.07) is 12.5. The molecule has 1 aliphatic rings. The molecule has 138 valence electrons. The second-order valence-electron chi connectivity index (χ2n) is 6.49. The second-order valence-corrected chi connectivity index (χ2v) is 6.93.